The Morgan fingerprint density at radius 1 is 1.07 bits per heavy atom. The zero-order valence-electron chi connectivity index (χ0n) is 9.62. The molecule has 0 aromatic heterocycles. The van der Waals surface area contributed by atoms with Gasteiger partial charge in [0.2, 0.25) is 0 Å². The lowest BCUT2D eigenvalue weighted by Gasteiger charge is -2.00. The van der Waals surface area contributed by atoms with Crippen LogP contribution in [0.15, 0.2) is 24.3 Å². The van der Waals surface area contributed by atoms with Crippen LogP contribution in [0.25, 0.3) is 0 Å². The molecule has 1 heteroatoms. The Kier molecular flexibility index (Phi) is 8.20. The zero-order chi connectivity index (χ0) is 10.8. The van der Waals surface area contributed by atoms with E-state index in [-0.39, 0.29) is 5.92 Å². The summed E-state index contributed by atoms with van der Waals surface area (Å²) >= 11 is 0. The van der Waals surface area contributed by atoms with Crippen molar-refractivity contribution < 1.29 is 4.79 Å². The number of hydrogen-bond donors (Lipinski definition) is 0. The van der Waals surface area contributed by atoms with Crippen LogP contribution in [-0.2, 0) is 4.79 Å². The van der Waals surface area contributed by atoms with E-state index in [4.69, 9.17) is 0 Å². The molecule has 0 heterocycles. The van der Waals surface area contributed by atoms with E-state index in [0.717, 1.165) is 19.3 Å². The van der Waals surface area contributed by atoms with Gasteiger partial charge in [-0.15, -0.1) is 0 Å². The smallest absolute Gasteiger partial charge is 0.135 e. The van der Waals surface area contributed by atoms with Crippen LogP contribution in [0, 0.1) is 5.92 Å². The van der Waals surface area contributed by atoms with Crippen molar-refractivity contribution in [3.8, 4) is 0 Å². The summed E-state index contributed by atoms with van der Waals surface area (Å²) in [7, 11) is 0. The summed E-state index contributed by atoms with van der Waals surface area (Å²) in [4.78, 5) is 11.2. The monoisotopic (exact) mass is 194 g/mol. The first-order valence-electron chi connectivity index (χ1n) is 5.47. The summed E-state index contributed by atoms with van der Waals surface area (Å²) in [6, 6.07) is 0. The maximum Gasteiger partial charge on any atom is 0.135 e. The molecule has 0 rings (SSSR count). The molecule has 0 amide bonds. The second kappa shape index (κ2) is 8.74. The van der Waals surface area contributed by atoms with Crippen molar-refractivity contribution in [2.75, 3.05) is 0 Å². The molecule has 0 aliphatic heterocycles. The van der Waals surface area contributed by atoms with Gasteiger partial charge in [-0.25, -0.2) is 0 Å². The van der Waals surface area contributed by atoms with Crippen LogP contribution in [-0.4, -0.2) is 5.78 Å². The zero-order valence-corrected chi connectivity index (χ0v) is 9.62. The third-order valence-corrected chi connectivity index (χ3v) is 2.10. The third kappa shape index (κ3) is 7.78. The summed E-state index contributed by atoms with van der Waals surface area (Å²) in [5.74, 6) is 0.550. The minimum atomic E-state index is 0.187. The largest absolute Gasteiger partial charge is 0.299 e. The van der Waals surface area contributed by atoms with Crippen molar-refractivity contribution in [3.63, 3.8) is 0 Å². The molecule has 0 spiro atoms. The Morgan fingerprint density at radius 3 is 2.21 bits per heavy atom. The average Bonchev–Trinajstić information content (AvgIpc) is 2.16. The van der Waals surface area contributed by atoms with Crippen LogP contribution in [0.3, 0.4) is 0 Å². The first-order valence-corrected chi connectivity index (χ1v) is 5.47. The molecule has 0 unspecified atom stereocenters. The minimum absolute atomic E-state index is 0.187. The van der Waals surface area contributed by atoms with Crippen LogP contribution in [0.4, 0.5) is 0 Å². The predicted octanol–water partition coefficient (Wildman–Crippen LogP) is 3.90. The van der Waals surface area contributed by atoms with Crippen molar-refractivity contribution >= 4 is 5.78 Å². The average molecular weight is 194 g/mol. The van der Waals surface area contributed by atoms with Gasteiger partial charge in [-0.1, -0.05) is 38.2 Å². The fourth-order valence-corrected chi connectivity index (χ4v) is 1.11. The molecule has 0 bridgehead atoms. The molecule has 1 nitrogen and oxygen atoms in total. The highest BCUT2D eigenvalue weighted by atomic mass is 16.1. The molecule has 80 valence electrons. The van der Waals surface area contributed by atoms with Crippen LogP contribution in [0.2, 0.25) is 0 Å². The molecule has 14 heavy (non-hydrogen) atoms. The third-order valence-electron chi connectivity index (χ3n) is 2.10. The molecule has 0 saturated carbocycles. The maximum absolute atomic E-state index is 11.2. The lowest BCUT2D eigenvalue weighted by atomic mass is 10.0. The molecule has 0 fully saturated rings. The number of hydrogen-bond acceptors (Lipinski definition) is 1. The van der Waals surface area contributed by atoms with Crippen molar-refractivity contribution in [1.29, 1.82) is 0 Å². The van der Waals surface area contributed by atoms with Crippen LogP contribution in [0.1, 0.15) is 46.5 Å². The van der Waals surface area contributed by atoms with Gasteiger partial charge in [0, 0.05) is 12.3 Å². The van der Waals surface area contributed by atoms with Gasteiger partial charge in [-0.05, 0) is 26.2 Å². The molecular formula is C13H22O. The number of carbonyl (C=O) groups is 1. The van der Waals surface area contributed by atoms with Gasteiger partial charge in [0.25, 0.3) is 0 Å². The quantitative estimate of drug-likeness (QED) is 0.443. The van der Waals surface area contributed by atoms with Crippen molar-refractivity contribution in [2.24, 2.45) is 5.92 Å². The van der Waals surface area contributed by atoms with E-state index in [1.165, 1.54) is 0 Å². The summed E-state index contributed by atoms with van der Waals surface area (Å²) in [6.45, 7) is 5.95. The summed E-state index contributed by atoms with van der Waals surface area (Å²) < 4.78 is 0. The maximum atomic E-state index is 11.2. The highest BCUT2D eigenvalue weighted by molar-refractivity contribution is 5.80. The molecule has 0 atom stereocenters. The Balaban J connectivity index is 3.39. The molecule has 0 N–H and O–H groups in total. The molecule has 0 aromatic rings. The van der Waals surface area contributed by atoms with Gasteiger partial charge in [0.05, 0.1) is 0 Å². The standard InChI is InChI=1S/C13H22O/c1-4-5-6-7-8-9-10-11-13(14)12(2)3/h4-5,8-9,12H,6-7,10-11H2,1-3H3/b5-4+,9-8+. The van der Waals surface area contributed by atoms with Crippen LogP contribution < -0.4 is 0 Å². The van der Waals surface area contributed by atoms with Crippen LogP contribution >= 0.6 is 0 Å². The number of ketones is 1. The lowest BCUT2D eigenvalue weighted by Crippen LogP contribution is -2.05. The number of allylic oxidation sites excluding steroid dienone is 4. The van der Waals surface area contributed by atoms with Crippen LogP contribution in [0.5, 0.6) is 0 Å². The van der Waals surface area contributed by atoms with E-state index >= 15 is 0 Å². The Bertz CT molecular complexity index is 199. The normalized spacial score (nSPS) is 12.0. The number of carbonyl (C=O) groups excluding carboxylic acids is 1. The molecule has 0 aliphatic carbocycles. The first kappa shape index (κ1) is 13.2. The van der Waals surface area contributed by atoms with E-state index < -0.39 is 0 Å². The summed E-state index contributed by atoms with van der Waals surface area (Å²) in [6.07, 6.45) is 12.3. The second-order valence-corrected chi connectivity index (χ2v) is 3.78. The molecular weight excluding hydrogens is 172 g/mol. The van der Waals surface area contributed by atoms with E-state index in [1.807, 2.05) is 20.8 Å². The van der Waals surface area contributed by atoms with Gasteiger partial charge >= 0.3 is 0 Å². The van der Waals surface area contributed by atoms with Gasteiger partial charge in [0.15, 0.2) is 0 Å². The fourth-order valence-electron chi connectivity index (χ4n) is 1.11. The Hall–Kier alpha value is -0.850. The first-order chi connectivity index (χ1) is 6.68. The second-order valence-electron chi connectivity index (χ2n) is 3.78. The summed E-state index contributed by atoms with van der Waals surface area (Å²) in [5.41, 5.74) is 0. The number of Topliss-reactive ketones (excluding diaryl/α,β-unsaturated/α-hetero) is 1. The van der Waals surface area contributed by atoms with E-state index in [1.54, 1.807) is 0 Å². The topological polar surface area (TPSA) is 17.1 Å². The van der Waals surface area contributed by atoms with Gasteiger partial charge < -0.3 is 0 Å². The molecule has 0 saturated heterocycles. The Morgan fingerprint density at radius 2 is 1.64 bits per heavy atom. The van der Waals surface area contributed by atoms with Crippen molar-refractivity contribution in [1.82, 2.24) is 0 Å². The molecule has 0 aromatic carbocycles. The van der Waals surface area contributed by atoms with Gasteiger partial charge in [-0.3, -0.25) is 4.79 Å². The lowest BCUT2D eigenvalue weighted by molar-refractivity contribution is -0.121. The fraction of sp³-hybridized carbons (Fsp3) is 0.615. The summed E-state index contributed by atoms with van der Waals surface area (Å²) in [5, 5.41) is 0. The molecule has 0 aliphatic rings. The minimum Gasteiger partial charge on any atom is -0.299 e. The van der Waals surface area contributed by atoms with Crippen molar-refractivity contribution in [2.45, 2.75) is 46.5 Å². The van der Waals surface area contributed by atoms with E-state index in [2.05, 4.69) is 24.3 Å². The van der Waals surface area contributed by atoms with E-state index in [0.29, 0.717) is 12.2 Å². The van der Waals surface area contributed by atoms with Gasteiger partial charge in [0.1, 0.15) is 5.78 Å². The van der Waals surface area contributed by atoms with Crippen molar-refractivity contribution in [3.05, 3.63) is 24.3 Å². The van der Waals surface area contributed by atoms with E-state index in [9.17, 15) is 4.79 Å². The Labute approximate surface area is 87.9 Å². The number of rotatable bonds is 7. The number of unbranched alkanes of at least 4 members (excludes halogenated alkanes) is 1. The predicted molar refractivity (Wildman–Crippen MR) is 62.3 cm³/mol. The molecule has 0 radical (unpaired) electrons. The highest BCUT2D eigenvalue weighted by Crippen LogP contribution is 2.03. The van der Waals surface area contributed by atoms with Gasteiger partial charge in [-0.2, -0.15) is 0 Å². The highest BCUT2D eigenvalue weighted by Gasteiger charge is 2.04. The SMILES string of the molecule is C/C=C/CC/C=C/CCC(=O)C(C)C.